The van der Waals surface area contributed by atoms with Crippen LogP contribution in [0.25, 0.3) is 0 Å². The lowest BCUT2D eigenvalue weighted by Gasteiger charge is -2.06. The highest BCUT2D eigenvalue weighted by Gasteiger charge is 2.04. The molecule has 2 rings (SSSR count). The number of phenolic OH excluding ortho intramolecular Hbond substituents is 1. The Kier molecular flexibility index (Phi) is 2.77. The van der Waals surface area contributed by atoms with Crippen LogP contribution >= 0.6 is 0 Å². The lowest BCUT2D eigenvalue weighted by atomic mass is 10.0. The topological polar surface area (TPSA) is 46.2 Å². The summed E-state index contributed by atoms with van der Waals surface area (Å²) in [6.07, 6.45) is 0.559. The molecule has 0 atom stereocenters. The minimum atomic E-state index is -0.392. The predicted molar refractivity (Wildman–Crippen MR) is 61.7 cm³/mol. The van der Waals surface area contributed by atoms with Crippen LogP contribution in [-0.4, -0.2) is 5.11 Å². The van der Waals surface area contributed by atoms with E-state index in [-0.39, 0.29) is 11.4 Å². The van der Waals surface area contributed by atoms with Crippen LogP contribution in [0, 0.1) is 5.82 Å². The molecule has 0 unspecified atom stereocenters. The number of benzene rings is 2. The standard InChI is InChI=1S/C13H12FNO/c14-12-3-1-2-10(13(12)15)8-9-4-6-11(16)7-5-9/h1-7,16H,8,15H2. The Morgan fingerprint density at radius 1 is 1.06 bits per heavy atom. The van der Waals surface area contributed by atoms with E-state index in [0.717, 1.165) is 11.1 Å². The predicted octanol–water partition coefficient (Wildman–Crippen LogP) is 2.70. The van der Waals surface area contributed by atoms with Crippen LogP contribution in [0.15, 0.2) is 42.5 Å². The third kappa shape index (κ3) is 2.14. The van der Waals surface area contributed by atoms with Gasteiger partial charge in [-0.15, -0.1) is 0 Å². The number of nitrogen functional groups attached to an aromatic ring is 1. The van der Waals surface area contributed by atoms with Gasteiger partial charge in [-0.25, -0.2) is 4.39 Å². The SMILES string of the molecule is Nc1c(F)cccc1Cc1ccc(O)cc1. The Hall–Kier alpha value is -2.03. The van der Waals surface area contributed by atoms with Crippen LogP contribution in [0.5, 0.6) is 5.75 Å². The van der Waals surface area contributed by atoms with E-state index < -0.39 is 5.82 Å². The van der Waals surface area contributed by atoms with Gasteiger partial charge in [0.25, 0.3) is 0 Å². The molecule has 3 N–H and O–H groups in total. The van der Waals surface area contributed by atoms with Crippen molar-refractivity contribution in [3.05, 3.63) is 59.4 Å². The van der Waals surface area contributed by atoms with Gasteiger partial charge in [0.15, 0.2) is 0 Å². The minimum Gasteiger partial charge on any atom is -0.508 e. The van der Waals surface area contributed by atoms with Gasteiger partial charge in [0.05, 0.1) is 5.69 Å². The molecule has 0 saturated carbocycles. The molecule has 82 valence electrons. The second-order valence-corrected chi connectivity index (χ2v) is 3.66. The smallest absolute Gasteiger partial charge is 0.146 e. The number of hydrogen-bond donors (Lipinski definition) is 2. The van der Waals surface area contributed by atoms with Gasteiger partial charge in [-0.1, -0.05) is 24.3 Å². The number of anilines is 1. The van der Waals surface area contributed by atoms with Crippen molar-refractivity contribution in [2.24, 2.45) is 0 Å². The lowest BCUT2D eigenvalue weighted by Crippen LogP contribution is -1.98. The highest BCUT2D eigenvalue weighted by Crippen LogP contribution is 2.20. The molecule has 0 aliphatic heterocycles. The van der Waals surface area contributed by atoms with Crippen LogP contribution < -0.4 is 5.73 Å². The first-order chi connectivity index (χ1) is 7.66. The third-order valence-corrected chi connectivity index (χ3v) is 2.47. The van der Waals surface area contributed by atoms with Gasteiger partial charge < -0.3 is 10.8 Å². The van der Waals surface area contributed by atoms with Gasteiger partial charge in [-0.05, 0) is 35.7 Å². The maximum atomic E-state index is 13.2. The van der Waals surface area contributed by atoms with Crippen LogP contribution in [0.4, 0.5) is 10.1 Å². The van der Waals surface area contributed by atoms with Crippen LogP contribution in [0.3, 0.4) is 0 Å². The average molecular weight is 217 g/mol. The molecule has 0 aromatic heterocycles. The molecule has 0 aliphatic rings. The number of hydrogen-bond acceptors (Lipinski definition) is 2. The number of phenols is 1. The maximum Gasteiger partial charge on any atom is 0.146 e. The van der Waals surface area contributed by atoms with Crippen molar-refractivity contribution in [1.29, 1.82) is 0 Å². The number of para-hydroxylation sites is 1. The van der Waals surface area contributed by atoms with Crippen LogP contribution in [0.1, 0.15) is 11.1 Å². The number of aromatic hydroxyl groups is 1. The summed E-state index contributed by atoms with van der Waals surface area (Å²) in [5.74, 6) is -0.174. The zero-order chi connectivity index (χ0) is 11.5. The van der Waals surface area contributed by atoms with E-state index >= 15 is 0 Å². The van der Waals surface area contributed by atoms with Crippen molar-refractivity contribution in [2.45, 2.75) is 6.42 Å². The summed E-state index contributed by atoms with van der Waals surface area (Å²) in [6.45, 7) is 0. The maximum absolute atomic E-state index is 13.2. The first-order valence-corrected chi connectivity index (χ1v) is 4.97. The zero-order valence-electron chi connectivity index (χ0n) is 8.65. The van der Waals surface area contributed by atoms with Crippen molar-refractivity contribution >= 4 is 5.69 Å². The van der Waals surface area contributed by atoms with E-state index in [1.165, 1.54) is 6.07 Å². The van der Waals surface area contributed by atoms with Crippen LogP contribution in [0.2, 0.25) is 0 Å². The molecule has 0 spiro atoms. The number of rotatable bonds is 2. The summed E-state index contributed by atoms with van der Waals surface area (Å²) < 4.78 is 13.2. The molecule has 0 radical (unpaired) electrons. The second-order valence-electron chi connectivity index (χ2n) is 3.66. The van der Waals surface area contributed by atoms with Gasteiger partial charge in [-0.2, -0.15) is 0 Å². The Morgan fingerprint density at radius 2 is 1.75 bits per heavy atom. The Bertz CT molecular complexity index is 494. The molecule has 0 aliphatic carbocycles. The molecule has 0 heterocycles. The van der Waals surface area contributed by atoms with Crippen molar-refractivity contribution in [1.82, 2.24) is 0 Å². The molecule has 0 saturated heterocycles. The fourth-order valence-electron chi connectivity index (χ4n) is 1.57. The first kappa shape index (κ1) is 10.5. The van der Waals surface area contributed by atoms with E-state index in [2.05, 4.69) is 0 Å². The summed E-state index contributed by atoms with van der Waals surface area (Å²) in [5, 5.41) is 9.14. The van der Waals surface area contributed by atoms with E-state index in [1.54, 1.807) is 36.4 Å². The molecule has 3 heteroatoms. The van der Waals surface area contributed by atoms with E-state index in [0.29, 0.717) is 6.42 Å². The Morgan fingerprint density at radius 3 is 2.44 bits per heavy atom. The molecule has 0 fully saturated rings. The van der Waals surface area contributed by atoms with Crippen molar-refractivity contribution in [3.63, 3.8) is 0 Å². The molecule has 0 amide bonds. The molecule has 0 bridgehead atoms. The van der Waals surface area contributed by atoms with E-state index in [9.17, 15) is 4.39 Å². The fourth-order valence-corrected chi connectivity index (χ4v) is 1.57. The first-order valence-electron chi connectivity index (χ1n) is 4.97. The van der Waals surface area contributed by atoms with E-state index in [4.69, 9.17) is 10.8 Å². The summed E-state index contributed by atoms with van der Waals surface area (Å²) in [5.41, 5.74) is 7.56. The van der Waals surface area contributed by atoms with Gasteiger partial charge in [0.1, 0.15) is 11.6 Å². The largest absolute Gasteiger partial charge is 0.508 e. The summed E-state index contributed by atoms with van der Waals surface area (Å²) in [4.78, 5) is 0. The Labute approximate surface area is 93.2 Å². The molecule has 2 aromatic carbocycles. The highest BCUT2D eigenvalue weighted by molar-refractivity contribution is 5.50. The molecule has 2 aromatic rings. The molecule has 16 heavy (non-hydrogen) atoms. The summed E-state index contributed by atoms with van der Waals surface area (Å²) in [7, 11) is 0. The number of halogens is 1. The van der Waals surface area contributed by atoms with Gasteiger partial charge in [-0.3, -0.25) is 0 Å². The quantitative estimate of drug-likeness (QED) is 0.760. The van der Waals surface area contributed by atoms with Crippen molar-refractivity contribution in [2.75, 3.05) is 5.73 Å². The lowest BCUT2D eigenvalue weighted by molar-refractivity contribution is 0.475. The summed E-state index contributed by atoms with van der Waals surface area (Å²) >= 11 is 0. The van der Waals surface area contributed by atoms with Crippen LogP contribution in [-0.2, 0) is 6.42 Å². The number of nitrogens with two attached hydrogens (primary N) is 1. The van der Waals surface area contributed by atoms with E-state index in [1.807, 2.05) is 0 Å². The van der Waals surface area contributed by atoms with Crippen molar-refractivity contribution in [3.8, 4) is 5.75 Å². The second kappa shape index (κ2) is 4.23. The molecule has 2 nitrogen and oxygen atoms in total. The minimum absolute atomic E-state index is 0.190. The normalized spacial score (nSPS) is 10.3. The van der Waals surface area contributed by atoms with Gasteiger partial charge in [0.2, 0.25) is 0 Å². The van der Waals surface area contributed by atoms with Crippen molar-refractivity contribution < 1.29 is 9.50 Å². The molecular formula is C13H12FNO. The van der Waals surface area contributed by atoms with Gasteiger partial charge >= 0.3 is 0 Å². The zero-order valence-corrected chi connectivity index (χ0v) is 8.65. The highest BCUT2D eigenvalue weighted by atomic mass is 19.1. The fraction of sp³-hybridized carbons (Fsp3) is 0.0769. The Balaban J connectivity index is 2.27. The van der Waals surface area contributed by atoms with Gasteiger partial charge in [0, 0.05) is 0 Å². The molecular weight excluding hydrogens is 205 g/mol. The monoisotopic (exact) mass is 217 g/mol. The summed E-state index contributed by atoms with van der Waals surface area (Å²) in [6, 6.07) is 11.6. The average Bonchev–Trinajstić information content (AvgIpc) is 2.28. The third-order valence-electron chi connectivity index (χ3n) is 2.47.